The van der Waals surface area contributed by atoms with Crippen LogP contribution in [0, 0.1) is 6.92 Å². The lowest BCUT2D eigenvalue weighted by molar-refractivity contribution is 0.439. The van der Waals surface area contributed by atoms with Crippen molar-refractivity contribution in [1.29, 1.82) is 0 Å². The van der Waals surface area contributed by atoms with Gasteiger partial charge in [-0.3, -0.25) is 0 Å². The van der Waals surface area contributed by atoms with Gasteiger partial charge in [0.15, 0.2) is 0 Å². The standard InChI is InChI=1S/C59H70N2/c1-14-58(12,15-2)44-27-35-48(36-28-44)60(46-31-23-42(24-32-46)56(6,7)8)54-50-20-18-19-21-51(50)55(53-40-41(5)22-39-52(53)54)61(47-33-25-43(26-34-47)57(9,10)11)49-37-29-45(30-38-49)59(13,16-3)17-4/h18-40H,14-17H2,1-13H3. The number of fused-ring (bicyclic) bond motifs is 2. The highest BCUT2D eigenvalue weighted by molar-refractivity contribution is 6.23. The number of anilines is 6. The van der Waals surface area contributed by atoms with Gasteiger partial charge in [-0.2, -0.15) is 0 Å². The smallest absolute Gasteiger partial charge is 0.0620 e. The van der Waals surface area contributed by atoms with Gasteiger partial charge in [0.25, 0.3) is 0 Å². The van der Waals surface area contributed by atoms with Gasteiger partial charge in [0.05, 0.1) is 11.4 Å². The lowest BCUT2D eigenvalue weighted by Crippen LogP contribution is -2.20. The van der Waals surface area contributed by atoms with Gasteiger partial charge in [-0.15, -0.1) is 0 Å². The van der Waals surface area contributed by atoms with Crippen LogP contribution in [0.5, 0.6) is 0 Å². The predicted molar refractivity (Wildman–Crippen MR) is 269 cm³/mol. The summed E-state index contributed by atoms with van der Waals surface area (Å²) in [4.78, 5) is 5.04. The molecule has 0 N–H and O–H groups in total. The largest absolute Gasteiger partial charge is 0.309 e. The first-order valence-electron chi connectivity index (χ1n) is 22.9. The zero-order valence-electron chi connectivity index (χ0n) is 39.5. The molecule has 0 saturated heterocycles. The van der Waals surface area contributed by atoms with E-state index in [4.69, 9.17) is 0 Å². The molecule has 0 aliphatic heterocycles. The first-order valence-corrected chi connectivity index (χ1v) is 22.9. The zero-order chi connectivity index (χ0) is 43.9. The Bertz CT molecular complexity index is 2590. The fourth-order valence-electron chi connectivity index (χ4n) is 9.11. The maximum atomic E-state index is 2.52. The fraction of sp³-hybridized carbons (Fsp3) is 0.356. The second-order valence-corrected chi connectivity index (χ2v) is 20.2. The van der Waals surface area contributed by atoms with Crippen LogP contribution in [0.2, 0.25) is 0 Å². The van der Waals surface area contributed by atoms with Crippen LogP contribution in [0.25, 0.3) is 21.5 Å². The molecule has 0 heterocycles. The number of hydrogen-bond donors (Lipinski definition) is 0. The maximum Gasteiger partial charge on any atom is 0.0620 e. The van der Waals surface area contributed by atoms with E-state index in [2.05, 4.69) is 239 Å². The van der Waals surface area contributed by atoms with E-state index < -0.39 is 0 Å². The van der Waals surface area contributed by atoms with Crippen LogP contribution in [0.1, 0.15) is 137 Å². The number of rotatable bonds is 12. The van der Waals surface area contributed by atoms with Crippen LogP contribution in [0.3, 0.4) is 0 Å². The third-order valence-electron chi connectivity index (χ3n) is 14.3. The molecular formula is C59H70N2. The van der Waals surface area contributed by atoms with E-state index in [0.717, 1.165) is 48.4 Å². The summed E-state index contributed by atoms with van der Waals surface area (Å²) >= 11 is 0. The number of hydrogen-bond acceptors (Lipinski definition) is 2. The topological polar surface area (TPSA) is 6.48 Å². The first kappa shape index (κ1) is 43.7. The fourth-order valence-corrected chi connectivity index (χ4v) is 9.11. The third-order valence-corrected chi connectivity index (χ3v) is 14.3. The predicted octanol–water partition coefficient (Wildman–Crippen LogP) is 18.0. The van der Waals surface area contributed by atoms with Crippen LogP contribution in [-0.2, 0) is 21.7 Å². The van der Waals surface area contributed by atoms with Gasteiger partial charge in [-0.25, -0.2) is 0 Å². The Hall–Kier alpha value is -5.34. The highest BCUT2D eigenvalue weighted by atomic mass is 15.2. The van der Waals surface area contributed by atoms with Crippen molar-refractivity contribution in [3.63, 3.8) is 0 Å². The molecule has 0 unspecified atom stereocenters. The molecule has 2 nitrogen and oxygen atoms in total. The Labute approximate surface area is 368 Å². The molecule has 0 aromatic heterocycles. The highest BCUT2D eigenvalue weighted by Crippen LogP contribution is 2.52. The van der Waals surface area contributed by atoms with Gasteiger partial charge in [0, 0.05) is 44.3 Å². The number of nitrogens with zero attached hydrogens (tertiary/aromatic N) is 2. The van der Waals surface area contributed by atoms with Crippen LogP contribution in [0.4, 0.5) is 34.1 Å². The maximum absolute atomic E-state index is 2.52. The minimum atomic E-state index is 0.0480. The van der Waals surface area contributed by atoms with Gasteiger partial charge in [0.1, 0.15) is 0 Å². The first-order chi connectivity index (χ1) is 29.0. The van der Waals surface area contributed by atoms with E-state index in [-0.39, 0.29) is 21.7 Å². The molecule has 0 aliphatic rings. The molecule has 0 fully saturated rings. The van der Waals surface area contributed by atoms with Crippen LogP contribution >= 0.6 is 0 Å². The molecule has 316 valence electrons. The molecule has 0 atom stereocenters. The summed E-state index contributed by atoms with van der Waals surface area (Å²) in [6.45, 7) is 30.0. The van der Waals surface area contributed by atoms with Crippen molar-refractivity contribution in [3.8, 4) is 0 Å². The van der Waals surface area contributed by atoms with Gasteiger partial charge in [-0.1, -0.05) is 174 Å². The summed E-state index contributed by atoms with van der Waals surface area (Å²) in [5.41, 5.74) is 14.0. The molecule has 0 radical (unpaired) electrons. The molecule has 2 heteroatoms. The van der Waals surface area contributed by atoms with Gasteiger partial charge in [-0.05, 0) is 131 Å². The van der Waals surface area contributed by atoms with E-state index in [1.165, 1.54) is 60.7 Å². The SMILES string of the molecule is CCC(C)(CC)c1ccc(N(c2ccc(C(C)(C)C)cc2)c2c3ccccc3c(N(c3ccc(C(C)(C)C)cc3)c3ccc(C(C)(CC)CC)cc3)c3cc(C)ccc23)cc1. The average Bonchev–Trinajstić information content (AvgIpc) is 3.26. The molecule has 7 rings (SSSR count). The number of aryl methyl sites for hydroxylation is 1. The van der Waals surface area contributed by atoms with Gasteiger partial charge < -0.3 is 9.80 Å². The molecule has 61 heavy (non-hydrogen) atoms. The Kier molecular flexibility index (Phi) is 12.1. The van der Waals surface area contributed by atoms with Crippen LogP contribution in [-0.4, -0.2) is 0 Å². The van der Waals surface area contributed by atoms with E-state index in [9.17, 15) is 0 Å². The molecule has 7 aromatic rings. The molecule has 0 aliphatic carbocycles. The summed E-state index contributed by atoms with van der Waals surface area (Å²) < 4.78 is 0. The summed E-state index contributed by atoms with van der Waals surface area (Å²) in [5, 5.41) is 4.86. The summed E-state index contributed by atoms with van der Waals surface area (Å²) in [6.07, 6.45) is 4.41. The van der Waals surface area contributed by atoms with Crippen LogP contribution in [0.15, 0.2) is 140 Å². The van der Waals surface area contributed by atoms with Crippen molar-refractivity contribution in [1.82, 2.24) is 0 Å². The second kappa shape index (κ2) is 16.8. The van der Waals surface area contributed by atoms with E-state index in [0.29, 0.717) is 0 Å². The quantitative estimate of drug-likeness (QED) is 0.0896. The normalized spacial score (nSPS) is 12.6. The van der Waals surface area contributed by atoms with Crippen molar-refractivity contribution in [3.05, 3.63) is 167 Å². The van der Waals surface area contributed by atoms with Gasteiger partial charge >= 0.3 is 0 Å². The van der Waals surface area contributed by atoms with E-state index in [1.54, 1.807) is 0 Å². The van der Waals surface area contributed by atoms with E-state index >= 15 is 0 Å². The monoisotopic (exact) mass is 807 g/mol. The Balaban J connectivity index is 1.56. The lowest BCUT2D eigenvalue weighted by Gasteiger charge is -2.34. The summed E-state index contributed by atoms with van der Waals surface area (Å²) in [5.74, 6) is 0. The third kappa shape index (κ3) is 8.36. The lowest BCUT2D eigenvalue weighted by atomic mass is 9.78. The van der Waals surface area contributed by atoms with Crippen molar-refractivity contribution >= 4 is 55.7 Å². The average molecular weight is 807 g/mol. The molecule has 0 spiro atoms. The molecule has 7 aromatic carbocycles. The second-order valence-electron chi connectivity index (χ2n) is 20.2. The molecule has 0 bridgehead atoms. The van der Waals surface area contributed by atoms with Gasteiger partial charge in [0.2, 0.25) is 0 Å². The van der Waals surface area contributed by atoms with Crippen molar-refractivity contribution in [2.75, 3.05) is 9.80 Å². The Morgan fingerprint density at radius 1 is 0.344 bits per heavy atom. The van der Waals surface area contributed by atoms with Crippen LogP contribution < -0.4 is 9.80 Å². The van der Waals surface area contributed by atoms with E-state index in [1.807, 2.05) is 0 Å². The zero-order valence-corrected chi connectivity index (χ0v) is 39.5. The Morgan fingerprint density at radius 3 is 0.951 bits per heavy atom. The molecule has 0 amide bonds. The van der Waals surface area contributed by atoms with Crippen molar-refractivity contribution in [2.45, 2.75) is 137 Å². The molecular weight excluding hydrogens is 737 g/mol. The minimum absolute atomic E-state index is 0.0480. The Morgan fingerprint density at radius 2 is 0.639 bits per heavy atom. The van der Waals surface area contributed by atoms with Crippen molar-refractivity contribution in [2.24, 2.45) is 0 Å². The minimum Gasteiger partial charge on any atom is -0.309 e. The summed E-state index contributed by atoms with van der Waals surface area (Å²) in [6, 6.07) is 53.6. The molecule has 0 saturated carbocycles. The van der Waals surface area contributed by atoms with Crippen molar-refractivity contribution < 1.29 is 0 Å². The highest BCUT2D eigenvalue weighted by Gasteiger charge is 2.29. The number of benzene rings is 7. The summed E-state index contributed by atoms with van der Waals surface area (Å²) in [7, 11) is 0.